The summed E-state index contributed by atoms with van der Waals surface area (Å²) in [4.78, 5) is 0. The molecule has 0 heterocycles. The number of hydrogen-bond acceptors (Lipinski definition) is 0. The molecule has 2 aromatic carbocycles. The van der Waals surface area contributed by atoms with Crippen LogP contribution in [0.1, 0.15) is 61.8 Å². The van der Waals surface area contributed by atoms with Gasteiger partial charge in [-0.15, -0.1) is 0 Å². The third-order valence-corrected chi connectivity index (χ3v) is 3.58. The normalized spacial score (nSPS) is 9.71. The molecular formula is C20H30Zr. The molecule has 0 aromatic heterocycles. The summed E-state index contributed by atoms with van der Waals surface area (Å²) in [6, 6.07) is 13.4. The second-order valence-corrected chi connectivity index (χ2v) is 5.80. The van der Waals surface area contributed by atoms with Crippen molar-refractivity contribution in [1.82, 2.24) is 0 Å². The Bertz CT molecular complexity index is 417. The molecule has 0 saturated carbocycles. The number of aryl methyl sites for hydroxylation is 4. The van der Waals surface area contributed by atoms with Gasteiger partial charge in [0, 0.05) is 0 Å². The molecule has 0 bridgehead atoms. The molecule has 2 aromatic rings. The zero-order valence-corrected chi connectivity index (χ0v) is 16.7. The van der Waals surface area contributed by atoms with Crippen molar-refractivity contribution in [1.29, 1.82) is 0 Å². The summed E-state index contributed by atoms with van der Waals surface area (Å²) in [6.45, 7) is 8.76. The molecule has 0 saturated heterocycles. The monoisotopic (exact) mass is 360 g/mol. The van der Waals surface area contributed by atoms with Gasteiger partial charge in [0.25, 0.3) is 0 Å². The Morgan fingerprint density at radius 2 is 1.14 bits per heavy atom. The van der Waals surface area contributed by atoms with Gasteiger partial charge in [-0.3, -0.25) is 0 Å². The minimum atomic E-state index is 0. The first-order chi connectivity index (χ1) is 9.65. The van der Waals surface area contributed by atoms with Crippen LogP contribution in [0.2, 0.25) is 0 Å². The van der Waals surface area contributed by atoms with Crippen LogP contribution in [0.15, 0.2) is 36.4 Å². The average Bonchev–Trinajstić information content (AvgIpc) is 3.03. The third-order valence-electron chi connectivity index (χ3n) is 3.58. The van der Waals surface area contributed by atoms with Gasteiger partial charge in [-0.25, -0.2) is 12.1 Å². The molecule has 0 aliphatic carbocycles. The molecule has 1 heteroatoms. The molecule has 114 valence electrons. The number of unbranched alkanes of at least 4 members (excludes halogenated alkanes) is 2. The molecule has 0 unspecified atom stereocenters. The van der Waals surface area contributed by atoms with E-state index in [1.807, 2.05) is 0 Å². The summed E-state index contributed by atoms with van der Waals surface area (Å²) >= 11 is 0. The fourth-order valence-corrected chi connectivity index (χ4v) is 2.33. The molecule has 2 rings (SSSR count). The van der Waals surface area contributed by atoms with E-state index < -0.39 is 0 Å². The summed E-state index contributed by atoms with van der Waals surface area (Å²) in [7, 11) is 0. The van der Waals surface area contributed by atoms with Gasteiger partial charge in [0.2, 0.25) is 0 Å². The van der Waals surface area contributed by atoms with E-state index in [2.05, 4.69) is 64.1 Å². The summed E-state index contributed by atoms with van der Waals surface area (Å²) in [5.41, 5.74) is 5.79. The summed E-state index contributed by atoms with van der Waals surface area (Å²) in [5.74, 6) is 0. The summed E-state index contributed by atoms with van der Waals surface area (Å²) in [5, 5.41) is 0. The van der Waals surface area contributed by atoms with Crippen LogP contribution in [0.4, 0.5) is 0 Å². The summed E-state index contributed by atoms with van der Waals surface area (Å²) < 4.78 is 0. The van der Waals surface area contributed by atoms with Crippen molar-refractivity contribution >= 4 is 0 Å². The van der Waals surface area contributed by atoms with Crippen LogP contribution in [-0.2, 0) is 39.0 Å². The fraction of sp³-hybridized carbons (Fsp3) is 0.500. The van der Waals surface area contributed by atoms with Gasteiger partial charge in [0.05, 0.1) is 0 Å². The van der Waals surface area contributed by atoms with Crippen molar-refractivity contribution in [2.75, 3.05) is 0 Å². The van der Waals surface area contributed by atoms with E-state index in [0.29, 0.717) is 0 Å². The van der Waals surface area contributed by atoms with Crippen molar-refractivity contribution < 1.29 is 26.2 Å². The first kappa shape index (κ1) is 20.6. The molecule has 21 heavy (non-hydrogen) atoms. The smallest absolute Gasteiger partial charge is 0.210 e. The van der Waals surface area contributed by atoms with Crippen molar-refractivity contribution in [2.24, 2.45) is 0 Å². The molecule has 0 aliphatic heterocycles. The predicted octanol–water partition coefficient (Wildman–Crippen LogP) is 6.11. The second kappa shape index (κ2) is 12.2. The van der Waals surface area contributed by atoms with E-state index in [1.165, 1.54) is 60.8 Å². The predicted molar refractivity (Wildman–Crippen MR) is 90.8 cm³/mol. The quantitative estimate of drug-likeness (QED) is 0.544. The Hall–Kier alpha value is -0.417. The van der Waals surface area contributed by atoms with Crippen LogP contribution in [0.5, 0.6) is 0 Å². The van der Waals surface area contributed by atoms with Crippen LogP contribution in [0, 0.1) is 13.8 Å². The Morgan fingerprint density at radius 3 is 1.38 bits per heavy atom. The van der Waals surface area contributed by atoms with E-state index in [9.17, 15) is 0 Å². The van der Waals surface area contributed by atoms with Crippen LogP contribution in [-0.4, -0.2) is 0 Å². The molecular weight excluding hydrogens is 331 g/mol. The zero-order valence-electron chi connectivity index (χ0n) is 14.2. The van der Waals surface area contributed by atoms with E-state index in [4.69, 9.17) is 0 Å². The van der Waals surface area contributed by atoms with Gasteiger partial charge in [0.1, 0.15) is 0 Å². The van der Waals surface area contributed by atoms with Gasteiger partial charge in [-0.2, -0.15) is 46.5 Å². The maximum absolute atomic E-state index is 2.27. The maximum atomic E-state index is 2.27. The Morgan fingerprint density at radius 1 is 0.762 bits per heavy atom. The van der Waals surface area contributed by atoms with Gasteiger partial charge < -0.3 is 0 Å². The molecule has 0 N–H and O–H groups in total. The molecule has 0 fully saturated rings. The largest absolute Gasteiger partial charge is 2.00 e. The van der Waals surface area contributed by atoms with E-state index in [1.54, 1.807) is 0 Å². The molecule has 0 atom stereocenters. The SMILES string of the molecule is CCCCc1cc[c-](C)c1.CCCCc1cc[c-](C)c1.[Zr+2]. The van der Waals surface area contributed by atoms with Crippen LogP contribution < -0.4 is 0 Å². The molecule has 0 radical (unpaired) electrons. The standard InChI is InChI=1S/2C10H15.Zr/c2*1-3-4-5-10-7-6-9(2)8-10;/h2*6-8H,3-5H2,1-2H3;/q2*-1;+2. The molecule has 0 aliphatic rings. The Balaban J connectivity index is 0.000000364. The van der Waals surface area contributed by atoms with Crippen LogP contribution in [0.25, 0.3) is 0 Å². The molecule has 0 spiro atoms. The number of rotatable bonds is 6. The maximum Gasteiger partial charge on any atom is 2.00 e. The van der Waals surface area contributed by atoms with Gasteiger partial charge >= 0.3 is 26.2 Å². The summed E-state index contributed by atoms with van der Waals surface area (Å²) in [6.07, 6.45) is 7.75. The Kier molecular flexibility index (Phi) is 11.9. The van der Waals surface area contributed by atoms with Gasteiger partial charge in [0.15, 0.2) is 0 Å². The van der Waals surface area contributed by atoms with Crippen LogP contribution >= 0.6 is 0 Å². The van der Waals surface area contributed by atoms with Crippen LogP contribution in [0.3, 0.4) is 0 Å². The number of hydrogen-bond donors (Lipinski definition) is 0. The van der Waals surface area contributed by atoms with Crippen molar-refractivity contribution in [3.8, 4) is 0 Å². The van der Waals surface area contributed by atoms with Gasteiger partial charge in [-0.1, -0.05) is 66.2 Å². The van der Waals surface area contributed by atoms with E-state index in [-0.39, 0.29) is 26.2 Å². The van der Waals surface area contributed by atoms with E-state index >= 15 is 0 Å². The topological polar surface area (TPSA) is 0 Å². The first-order valence-corrected chi connectivity index (χ1v) is 8.10. The molecule has 0 amide bonds. The van der Waals surface area contributed by atoms with Crippen molar-refractivity contribution in [3.63, 3.8) is 0 Å². The zero-order chi connectivity index (χ0) is 14.8. The van der Waals surface area contributed by atoms with Crippen molar-refractivity contribution in [2.45, 2.75) is 66.2 Å². The second-order valence-electron chi connectivity index (χ2n) is 5.80. The first-order valence-electron chi connectivity index (χ1n) is 8.10. The van der Waals surface area contributed by atoms with Gasteiger partial charge in [-0.05, 0) is 0 Å². The van der Waals surface area contributed by atoms with Crippen molar-refractivity contribution in [3.05, 3.63) is 58.7 Å². The minimum Gasteiger partial charge on any atom is -0.210 e. The average molecular weight is 362 g/mol. The fourth-order valence-electron chi connectivity index (χ4n) is 2.33. The third kappa shape index (κ3) is 9.25. The molecule has 0 nitrogen and oxygen atoms in total. The minimum absolute atomic E-state index is 0. The Labute approximate surface area is 150 Å². The van der Waals surface area contributed by atoms with E-state index in [0.717, 1.165) is 0 Å².